The first-order valence-corrected chi connectivity index (χ1v) is 8.49. The van der Waals surface area contributed by atoms with Crippen molar-refractivity contribution >= 4 is 34.8 Å². The van der Waals surface area contributed by atoms with Crippen LogP contribution in [0.15, 0.2) is 48.7 Å². The first-order valence-electron chi connectivity index (χ1n) is 7.29. The quantitative estimate of drug-likeness (QED) is 0.546. The standard InChI is InChI=1S/C17H13ClN4O2S/c1-10-14(25-17(20-10)11-5-3-2-4-6-11)16(24)22-21-15(23)12-7-8-13(18)19-9-12/h2-9H,1H3,(H,21,23)(H,22,24). The summed E-state index contributed by atoms with van der Waals surface area (Å²) in [6.45, 7) is 1.75. The van der Waals surface area contributed by atoms with Crippen molar-refractivity contribution in [3.63, 3.8) is 0 Å². The van der Waals surface area contributed by atoms with E-state index in [1.54, 1.807) is 6.92 Å². The Balaban J connectivity index is 1.68. The van der Waals surface area contributed by atoms with E-state index in [1.807, 2.05) is 30.3 Å². The lowest BCUT2D eigenvalue weighted by Gasteiger charge is -2.06. The molecule has 25 heavy (non-hydrogen) atoms. The third-order valence-corrected chi connectivity index (χ3v) is 4.73. The van der Waals surface area contributed by atoms with Crippen LogP contribution in [0.1, 0.15) is 25.7 Å². The van der Waals surface area contributed by atoms with Gasteiger partial charge in [0.1, 0.15) is 15.0 Å². The molecule has 6 nitrogen and oxygen atoms in total. The normalized spacial score (nSPS) is 10.3. The van der Waals surface area contributed by atoms with E-state index in [0.29, 0.717) is 10.6 Å². The highest BCUT2D eigenvalue weighted by Crippen LogP contribution is 2.27. The van der Waals surface area contributed by atoms with Crippen LogP contribution in [0.5, 0.6) is 0 Å². The monoisotopic (exact) mass is 372 g/mol. The highest BCUT2D eigenvalue weighted by atomic mass is 35.5. The zero-order valence-electron chi connectivity index (χ0n) is 13.1. The minimum atomic E-state index is -0.483. The summed E-state index contributed by atoms with van der Waals surface area (Å²) in [5.41, 5.74) is 6.56. The molecule has 1 aromatic carbocycles. The summed E-state index contributed by atoms with van der Waals surface area (Å²) in [5, 5.41) is 1.03. The minimum Gasteiger partial charge on any atom is -0.267 e. The summed E-state index contributed by atoms with van der Waals surface area (Å²) in [6, 6.07) is 12.6. The van der Waals surface area contributed by atoms with Crippen LogP contribution in [0.25, 0.3) is 10.6 Å². The number of nitrogens with one attached hydrogen (secondary N) is 2. The predicted molar refractivity (Wildman–Crippen MR) is 96.5 cm³/mol. The fraction of sp³-hybridized carbons (Fsp3) is 0.0588. The van der Waals surface area contributed by atoms with Crippen LogP contribution in [-0.2, 0) is 0 Å². The van der Waals surface area contributed by atoms with E-state index < -0.39 is 11.8 Å². The van der Waals surface area contributed by atoms with Crippen molar-refractivity contribution in [1.82, 2.24) is 20.8 Å². The number of thiazole rings is 1. The molecule has 8 heteroatoms. The van der Waals surface area contributed by atoms with Gasteiger partial charge in [0.25, 0.3) is 11.8 Å². The molecule has 3 aromatic rings. The lowest BCUT2D eigenvalue weighted by atomic mass is 10.2. The van der Waals surface area contributed by atoms with Crippen LogP contribution in [0.3, 0.4) is 0 Å². The number of hydrazine groups is 1. The molecule has 0 aliphatic heterocycles. The van der Waals surface area contributed by atoms with E-state index in [2.05, 4.69) is 20.8 Å². The van der Waals surface area contributed by atoms with Gasteiger partial charge in [-0.1, -0.05) is 41.9 Å². The summed E-state index contributed by atoms with van der Waals surface area (Å²) in [5.74, 6) is -0.907. The maximum Gasteiger partial charge on any atom is 0.281 e. The molecule has 0 unspecified atom stereocenters. The molecule has 2 heterocycles. The maximum absolute atomic E-state index is 12.3. The predicted octanol–water partition coefficient (Wildman–Crippen LogP) is 3.24. The van der Waals surface area contributed by atoms with Gasteiger partial charge in [-0.05, 0) is 19.1 Å². The van der Waals surface area contributed by atoms with E-state index in [0.717, 1.165) is 10.6 Å². The van der Waals surface area contributed by atoms with Crippen molar-refractivity contribution in [2.24, 2.45) is 0 Å². The fourth-order valence-electron chi connectivity index (χ4n) is 2.06. The molecule has 2 amide bonds. The van der Waals surface area contributed by atoms with Gasteiger partial charge < -0.3 is 0 Å². The van der Waals surface area contributed by atoms with Crippen LogP contribution < -0.4 is 10.9 Å². The van der Waals surface area contributed by atoms with E-state index in [1.165, 1.54) is 29.7 Å². The summed E-state index contributed by atoms with van der Waals surface area (Å²) < 4.78 is 0. The third kappa shape index (κ3) is 4.01. The third-order valence-electron chi connectivity index (χ3n) is 3.30. The van der Waals surface area contributed by atoms with Gasteiger partial charge >= 0.3 is 0 Å². The lowest BCUT2D eigenvalue weighted by Crippen LogP contribution is -2.41. The van der Waals surface area contributed by atoms with Crippen molar-refractivity contribution in [2.75, 3.05) is 0 Å². The average Bonchev–Trinajstić information content (AvgIpc) is 3.02. The number of halogens is 1. The SMILES string of the molecule is Cc1nc(-c2ccccc2)sc1C(=O)NNC(=O)c1ccc(Cl)nc1. The van der Waals surface area contributed by atoms with E-state index in [4.69, 9.17) is 11.6 Å². The fourth-order valence-corrected chi connectivity index (χ4v) is 3.14. The Morgan fingerprint density at radius 3 is 2.44 bits per heavy atom. The number of hydrogen-bond donors (Lipinski definition) is 2. The largest absolute Gasteiger partial charge is 0.281 e. The molecule has 0 spiro atoms. The molecule has 2 N–H and O–H groups in total. The molecule has 0 atom stereocenters. The second-order valence-corrected chi connectivity index (χ2v) is 6.46. The molecule has 0 aliphatic carbocycles. The number of aromatic nitrogens is 2. The Labute approximate surface area is 152 Å². The molecular weight excluding hydrogens is 360 g/mol. The van der Waals surface area contributed by atoms with Crippen molar-refractivity contribution < 1.29 is 9.59 Å². The Hall–Kier alpha value is -2.77. The van der Waals surface area contributed by atoms with Crippen LogP contribution in [0, 0.1) is 6.92 Å². The van der Waals surface area contributed by atoms with Gasteiger partial charge in [0, 0.05) is 11.8 Å². The zero-order chi connectivity index (χ0) is 17.8. The van der Waals surface area contributed by atoms with Crippen LogP contribution in [0.2, 0.25) is 5.15 Å². The first kappa shape index (κ1) is 17.1. The summed E-state index contributed by atoms with van der Waals surface area (Å²) in [4.78, 5) is 33.0. The number of carbonyl (C=O) groups excluding carboxylic acids is 2. The Morgan fingerprint density at radius 1 is 1.04 bits per heavy atom. The van der Waals surface area contributed by atoms with Crippen LogP contribution >= 0.6 is 22.9 Å². The first-order chi connectivity index (χ1) is 12.0. The Kier molecular flexibility index (Phi) is 5.06. The van der Waals surface area contributed by atoms with Gasteiger partial charge in [-0.15, -0.1) is 11.3 Å². The van der Waals surface area contributed by atoms with Gasteiger partial charge in [-0.2, -0.15) is 0 Å². The van der Waals surface area contributed by atoms with Crippen LogP contribution in [0.4, 0.5) is 0 Å². The van der Waals surface area contributed by atoms with Crippen molar-refractivity contribution in [1.29, 1.82) is 0 Å². The van der Waals surface area contributed by atoms with Gasteiger partial charge in [0.05, 0.1) is 11.3 Å². The highest BCUT2D eigenvalue weighted by molar-refractivity contribution is 7.17. The second kappa shape index (κ2) is 7.42. The van der Waals surface area contributed by atoms with Gasteiger partial charge in [-0.25, -0.2) is 9.97 Å². The number of carbonyl (C=O) groups is 2. The van der Waals surface area contributed by atoms with E-state index in [9.17, 15) is 9.59 Å². The van der Waals surface area contributed by atoms with Crippen LogP contribution in [-0.4, -0.2) is 21.8 Å². The molecule has 0 bridgehead atoms. The Morgan fingerprint density at radius 2 is 1.76 bits per heavy atom. The topological polar surface area (TPSA) is 84.0 Å². The molecule has 0 fully saturated rings. The summed E-state index contributed by atoms with van der Waals surface area (Å²) in [7, 11) is 0. The smallest absolute Gasteiger partial charge is 0.267 e. The zero-order valence-corrected chi connectivity index (χ0v) is 14.7. The molecule has 0 aliphatic rings. The van der Waals surface area contributed by atoms with E-state index in [-0.39, 0.29) is 10.7 Å². The number of nitrogens with zero attached hydrogens (tertiary/aromatic N) is 2. The highest BCUT2D eigenvalue weighted by Gasteiger charge is 2.17. The van der Waals surface area contributed by atoms with Gasteiger partial charge in [0.2, 0.25) is 0 Å². The van der Waals surface area contributed by atoms with Crippen molar-refractivity contribution in [3.05, 3.63) is 69.9 Å². The number of pyridine rings is 1. The number of benzene rings is 1. The molecule has 3 rings (SSSR count). The molecule has 2 aromatic heterocycles. The Bertz CT molecular complexity index is 910. The molecule has 126 valence electrons. The number of hydrogen-bond acceptors (Lipinski definition) is 5. The van der Waals surface area contributed by atoms with Gasteiger partial charge in [-0.3, -0.25) is 20.4 Å². The number of aryl methyl sites for hydroxylation is 1. The summed E-state index contributed by atoms with van der Waals surface area (Å²) in [6.07, 6.45) is 1.33. The number of rotatable bonds is 3. The summed E-state index contributed by atoms with van der Waals surface area (Å²) >= 11 is 6.94. The average molecular weight is 373 g/mol. The van der Waals surface area contributed by atoms with Crippen molar-refractivity contribution in [2.45, 2.75) is 6.92 Å². The van der Waals surface area contributed by atoms with E-state index >= 15 is 0 Å². The minimum absolute atomic E-state index is 0.286. The van der Waals surface area contributed by atoms with Gasteiger partial charge in [0.15, 0.2) is 0 Å². The molecule has 0 saturated heterocycles. The lowest BCUT2D eigenvalue weighted by molar-refractivity contribution is 0.0848. The molecule has 0 saturated carbocycles. The number of amides is 2. The second-order valence-electron chi connectivity index (χ2n) is 5.08. The molecule has 0 radical (unpaired) electrons. The maximum atomic E-state index is 12.3. The molecular formula is C17H13ClN4O2S. The van der Waals surface area contributed by atoms with Crippen molar-refractivity contribution in [3.8, 4) is 10.6 Å².